The molecule has 2 unspecified atom stereocenters. The number of rotatable bonds is 11. The number of likely N-dealkylation sites (tertiary alicyclic amines) is 1. The fourth-order valence-electron chi connectivity index (χ4n) is 5.60. The fraction of sp³-hybridized carbons (Fsp3) is 0.864. The summed E-state index contributed by atoms with van der Waals surface area (Å²) in [5.41, 5.74) is 0. The van der Waals surface area contributed by atoms with E-state index in [0.717, 1.165) is 32.1 Å². The van der Waals surface area contributed by atoms with E-state index in [9.17, 15) is 19.5 Å². The van der Waals surface area contributed by atoms with Crippen LogP contribution >= 0.6 is 11.8 Å². The van der Waals surface area contributed by atoms with Crippen molar-refractivity contribution in [1.82, 2.24) is 15.5 Å². The molecule has 3 saturated heterocycles. The van der Waals surface area contributed by atoms with Gasteiger partial charge < -0.3 is 20.6 Å². The molecular formula is C22H37N3O4S. The summed E-state index contributed by atoms with van der Waals surface area (Å²) in [7, 11) is 0. The van der Waals surface area contributed by atoms with Gasteiger partial charge in [-0.05, 0) is 45.4 Å². The van der Waals surface area contributed by atoms with E-state index in [-0.39, 0.29) is 29.1 Å². The minimum absolute atomic E-state index is 0.0471. The van der Waals surface area contributed by atoms with Gasteiger partial charge in [0.25, 0.3) is 0 Å². The number of carbonyl (C=O) groups excluding carboxylic acids is 3. The van der Waals surface area contributed by atoms with Crippen LogP contribution in [0.2, 0.25) is 0 Å². The number of hydrogen-bond acceptors (Lipinski definition) is 5. The predicted molar refractivity (Wildman–Crippen MR) is 118 cm³/mol. The number of aliphatic hydroxyl groups excluding tert-OH is 1. The monoisotopic (exact) mass is 439 g/mol. The van der Waals surface area contributed by atoms with Crippen LogP contribution in [0.5, 0.6) is 0 Å². The van der Waals surface area contributed by atoms with E-state index in [2.05, 4.69) is 24.5 Å². The van der Waals surface area contributed by atoms with Crippen molar-refractivity contribution in [3.63, 3.8) is 0 Å². The first-order chi connectivity index (χ1) is 14.4. The molecule has 5 atom stereocenters. The lowest BCUT2D eigenvalue weighted by atomic mass is 9.66. The standard InChI is InChI=1S/C22H37N3O4S/c1-4-6-12-24-19(28)17-22-10-9-21(3,30-22)15(18(27)23-11-5-2)16(22)20(29)25(17)13-7-8-14-26/h15-17,26H,4-14H2,1-3H3,(H,23,27)(H,24,28)/t15-,16+,17?,21+,22?/m1/s1. The van der Waals surface area contributed by atoms with Crippen LogP contribution in [0, 0.1) is 11.8 Å². The second kappa shape index (κ2) is 9.47. The maximum atomic E-state index is 13.6. The molecule has 3 aliphatic rings. The molecule has 0 radical (unpaired) electrons. The lowest BCUT2D eigenvalue weighted by molar-refractivity contribution is -0.140. The largest absolute Gasteiger partial charge is 0.396 e. The minimum atomic E-state index is -0.540. The first-order valence-electron chi connectivity index (χ1n) is 11.5. The van der Waals surface area contributed by atoms with Crippen molar-refractivity contribution in [1.29, 1.82) is 0 Å². The average molecular weight is 440 g/mol. The highest BCUT2D eigenvalue weighted by Gasteiger charge is 2.76. The van der Waals surface area contributed by atoms with E-state index >= 15 is 0 Å². The smallest absolute Gasteiger partial charge is 0.244 e. The number of hydrogen-bond donors (Lipinski definition) is 3. The second-order valence-corrected chi connectivity index (χ2v) is 11.0. The second-order valence-electron chi connectivity index (χ2n) is 9.13. The normalized spacial score (nSPS) is 34.3. The van der Waals surface area contributed by atoms with Gasteiger partial charge in [0.2, 0.25) is 17.7 Å². The molecule has 8 heteroatoms. The van der Waals surface area contributed by atoms with Crippen molar-refractivity contribution < 1.29 is 19.5 Å². The van der Waals surface area contributed by atoms with E-state index in [1.165, 1.54) is 0 Å². The summed E-state index contributed by atoms with van der Waals surface area (Å²) in [6, 6.07) is -0.540. The number of amides is 3. The topological polar surface area (TPSA) is 98.7 Å². The van der Waals surface area contributed by atoms with Crippen LogP contribution in [0.15, 0.2) is 0 Å². The Hall–Kier alpha value is -1.28. The van der Waals surface area contributed by atoms with Crippen LogP contribution in [-0.2, 0) is 14.4 Å². The Balaban J connectivity index is 1.91. The molecule has 0 saturated carbocycles. The summed E-state index contributed by atoms with van der Waals surface area (Å²) in [5.74, 6) is -1.04. The van der Waals surface area contributed by atoms with Gasteiger partial charge in [0.15, 0.2) is 0 Å². The number of nitrogens with zero attached hydrogens (tertiary/aromatic N) is 1. The Bertz CT molecular complexity index is 675. The van der Waals surface area contributed by atoms with Crippen LogP contribution in [0.25, 0.3) is 0 Å². The fourth-order valence-corrected chi connectivity index (χ4v) is 7.96. The van der Waals surface area contributed by atoms with E-state index in [1.807, 2.05) is 6.92 Å². The van der Waals surface area contributed by atoms with Crippen molar-refractivity contribution in [3.05, 3.63) is 0 Å². The van der Waals surface area contributed by atoms with E-state index in [1.54, 1.807) is 16.7 Å². The van der Waals surface area contributed by atoms with Crippen LogP contribution in [0.1, 0.15) is 65.7 Å². The highest BCUT2D eigenvalue weighted by atomic mass is 32.2. The van der Waals surface area contributed by atoms with Crippen molar-refractivity contribution in [2.75, 3.05) is 26.2 Å². The molecular weight excluding hydrogens is 402 g/mol. The quantitative estimate of drug-likeness (QED) is 0.426. The number of thioether (sulfide) groups is 1. The van der Waals surface area contributed by atoms with Gasteiger partial charge in [-0.2, -0.15) is 0 Å². The van der Waals surface area contributed by atoms with Crippen LogP contribution in [0.3, 0.4) is 0 Å². The molecule has 0 aromatic heterocycles. The first-order valence-corrected chi connectivity index (χ1v) is 12.3. The van der Waals surface area contributed by atoms with Gasteiger partial charge in [-0.3, -0.25) is 14.4 Å². The molecule has 3 N–H and O–H groups in total. The molecule has 3 fully saturated rings. The molecule has 1 spiro atoms. The molecule has 30 heavy (non-hydrogen) atoms. The van der Waals surface area contributed by atoms with Gasteiger partial charge in [-0.1, -0.05) is 20.3 Å². The number of fused-ring (bicyclic) bond motifs is 1. The number of unbranched alkanes of at least 4 members (excludes halogenated alkanes) is 2. The molecule has 7 nitrogen and oxygen atoms in total. The molecule has 170 valence electrons. The molecule has 3 rings (SSSR count). The maximum absolute atomic E-state index is 13.6. The predicted octanol–water partition coefficient (Wildman–Crippen LogP) is 1.68. The minimum Gasteiger partial charge on any atom is -0.396 e. The Morgan fingerprint density at radius 2 is 1.83 bits per heavy atom. The molecule has 3 aliphatic heterocycles. The number of nitrogens with one attached hydrogen (secondary N) is 2. The summed E-state index contributed by atoms with van der Waals surface area (Å²) >= 11 is 1.71. The average Bonchev–Trinajstić information content (AvgIpc) is 3.28. The Morgan fingerprint density at radius 1 is 1.10 bits per heavy atom. The third-order valence-electron chi connectivity index (χ3n) is 6.99. The zero-order valence-electron chi connectivity index (χ0n) is 18.5. The Morgan fingerprint density at radius 3 is 2.50 bits per heavy atom. The summed E-state index contributed by atoms with van der Waals surface area (Å²) in [6.07, 6.45) is 5.61. The molecule has 0 aliphatic carbocycles. The van der Waals surface area contributed by atoms with E-state index in [0.29, 0.717) is 32.5 Å². The molecule has 3 amide bonds. The van der Waals surface area contributed by atoms with Gasteiger partial charge in [0.1, 0.15) is 6.04 Å². The summed E-state index contributed by atoms with van der Waals surface area (Å²) in [5, 5.41) is 15.2. The van der Waals surface area contributed by atoms with Gasteiger partial charge in [0, 0.05) is 31.0 Å². The number of aliphatic hydroxyl groups is 1. The number of carbonyl (C=O) groups is 3. The lowest BCUT2D eigenvalue weighted by Crippen LogP contribution is -2.54. The molecule has 3 heterocycles. The molecule has 2 bridgehead atoms. The summed E-state index contributed by atoms with van der Waals surface area (Å²) in [4.78, 5) is 41.8. The van der Waals surface area contributed by atoms with Gasteiger partial charge in [-0.15, -0.1) is 11.8 Å². The van der Waals surface area contributed by atoms with Crippen molar-refractivity contribution in [2.24, 2.45) is 11.8 Å². The van der Waals surface area contributed by atoms with Gasteiger partial charge in [0.05, 0.1) is 16.6 Å². The van der Waals surface area contributed by atoms with Crippen LogP contribution < -0.4 is 10.6 Å². The van der Waals surface area contributed by atoms with Crippen LogP contribution in [0.4, 0.5) is 0 Å². The van der Waals surface area contributed by atoms with Crippen molar-refractivity contribution in [3.8, 4) is 0 Å². The molecule has 0 aromatic rings. The van der Waals surface area contributed by atoms with Crippen molar-refractivity contribution >= 4 is 29.5 Å². The third kappa shape index (κ3) is 3.85. The SMILES string of the molecule is CCCCNC(=O)C1N(CCCCO)C(=O)[C@@H]2[C@H](C(=O)NCCC)[C@]3(C)CCC12S3. The first kappa shape index (κ1) is 23.4. The Labute approximate surface area is 184 Å². The van der Waals surface area contributed by atoms with Gasteiger partial charge in [-0.25, -0.2) is 0 Å². The summed E-state index contributed by atoms with van der Waals surface area (Å²) in [6.45, 7) is 7.91. The maximum Gasteiger partial charge on any atom is 0.244 e. The van der Waals surface area contributed by atoms with Crippen LogP contribution in [-0.4, -0.2) is 69.5 Å². The third-order valence-corrected chi connectivity index (χ3v) is 8.98. The van der Waals surface area contributed by atoms with Crippen molar-refractivity contribution in [2.45, 2.75) is 81.3 Å². The lowest BCUT2D eigenvalue weighted by Gasteiger charge is -2.34. The molecule has 0 aromatic carbocycles. The van der Waals surface area contributed by atoms with E-state index < -0.39 is 22.6 Å². The zero-order valence-corrected chi connectivity index (χ0v) is 19.4. The summed E-state index contributed by atoms with van der Waals surface area (Å²) < 4.78 is -0.840. The zero-order chi connectivity index (χ0) is 21.9. The van der Waals surface area contributed by atoms with E-state index in [4.69, 9.17) is 0 Å². The van der Waals surface area contributed by atoms with Gasteiger partial charge >= 0.3 is 0 Å². The highest BCUT2D eigenvalue weighted by Crippen LogP contribution is 2.71. The highest BCUT2D eigenvalue weighted by molar-refractivity contribution is 8.02. The Kier molecular flexibility index (Phi) is 7.38.